The summed E-state index contributed by atoms with van der Waals surface area (Å²) in [6.07, 6.45) is 2.43. The predicted molar refractivity (Wildman–Crippen MR) is 133 cm³/mol. The SMILES string of the molecule is C[C@]1(Cc2ccc(Cl)c(F)c2)Cc2cc(C(=O)N(CCCc3ccccc3)CC(=O)O)ccc2O1. The van der Waals surface area contributed by atoms with Crippen LogP contribution in [0.5, 0.6) is 5.75 Å². The largest absolute Gasteiger partial charge is 0.487 e. The summed E-state index contributed by atoms with van der Waals surface area (Å²) < 4.78 is 20.0. The highest BCUT2D eigenvalue weighted by Crippen LogP contribution is 2.38. The van der Waals surface area contributed by atoms with Crippen molar-refractivity contribution < 1.29 is 23.8 Å². The van der Waals surface area contributed by atoms with Gasteiger partial charge in [-0.15, -0.1) is 0 Å². The van der Waals surface area contributed by atoms with Gasteiger partial charge in [0.05, 0.1) is 5.02 Å². The minimum Gasteiger partial charge on any atom is -0.487 e. The van der Waals surface area contributed by atoms with Crippen LogP contribution in [0.3, 0.4) is 0 Å². The zero-order valence-corrected chi connectivity index (χ0v) is 20.2. The molecule has 0 spiro atoms. The van der Waals surface area contributed by atoms with Gasteiger partial charge in [0.2, 0.25) is 0 Å². The molecule has 1 atom stereocenters. The molecule has 3 aromatic rings. The molecule has 0 unspecified atom stereocenters. The summed E-state index contributed by atoms with van der Waals surface area (Å²) in [4.78, 5) is 26.0. The number of aliphatic carboxylic acids is 1. The Bertz CT molecular complexity index is 1230. The van der Waals surface area contributed by atoms with E-state index >= 15 is 0 Å². The first-order valence-electron chi connectivity index (χ1n) is 11.5. The molecular weight excluding hydrogens is 469 g/mol. The van der Waals surface area contributed by atoms with Gasteiger partial charge in [0.25, 0.3) is 5.91 Å². The van der Waals surface area contributed by atoms with Crippen LogP contribution in [0.4, 0.5) is 4.39 Å². The Hall–Kier alpha value is -3.38. The van der Waals surface area contributed by atoms with Crippen molar-refractivity contribution in [1.82, 2.24) is 4.90 Å². The van der Waals surface area contributed by atoms with E-state index in [9.17, 15) is 19.1 Å². The van der Waals surface area contributed by atoms with Gasteiger partial charge in [0.15, 0.2) is 0 Å². The number of ether oxygens (including phenoxy) is 1. The normalized spacial score (nSPS) is 16.4. The highest BCUT2D eigenvalue weighted by molar-refractivity contribution is 6.30. The van der Waals surface area contributed by atoms with E-state index in [1.54, 1.807) is 24.3 Å². The Kier molecular flexibility index (Phi) is 7.41. The summed E-state index contributed by atoms with van der Waals surface area (Å²) in [6, 6.07) is 19.8. The van der Waals surface area contributed by atoms with Crippen LogP contribution < -0.4 is 4.74 Å². The molecule has 0 saturated carbocycles. The van der Waals surface area contributed by atoms with Crippen LogP contribution >= 0.6 is 11.6 Å². The third-order valence-corrected chi connectivity index (χ3v) is 6.45. The zero-order valence-electron chi connectivity index (χ0n) is 19.5. The molecule has 0 fully saturated rings. The number of amides is 1. The van der Waals surface area contributed by atoms with Crippen molar-refractivity contribution >= 4 is 23.5 Å². The third kappa shape index (κ3) is 6.20. The highest BCUT2D eigenvalue weighted by atomic mass is 35.5. The minimum absolute atomic E-state index is 0.0763. The smallest absolute Gasteiger partial charge is 0.323 e. The van der Waals surface area contributed by atoms with Crippen molar-refractivity contribution in [1.29, 1.82) is 0 Å². The van der Waals surface area contributed by atoms with Gasteiger partial charge in [0.1, 0.15) is 23.7 Å². The van der Waals surface area contributed by atoms with Gasteiger partial charge in [-0.05, 0) is 66.8 Å². The summed E-state index contributed by atoms with van der Waals surface area (Å²) in [5, 5.41) is 9.42. The fraction of sp³-hybridized carbons (Fsp3) is 0.286. The molecule has 182 valence electrons. The van der Waals surface area contributed by atoms with Crippen molar-refractivity contribution in [2.45, 2.75) is 38.2 Å². The summed E-state index contributed by atoms with van der Waals surface area (Å²) >= 11 is 5.79. The van der Waals surface area contributed by atoms with Crippen LogP contribution in [0.1, 0.15) is 40.4 Å². The maximum absolute atomic E-state index is 13.9. The molecular formula is C28H27ClFNO4. The van der Waals surface area contributed by atoms with Crippen LogP contribution in [-0.2, 0) is 24.1 Å². The number of carboxylic acid groups (broad SMARTS) is 1. The standard InChI is InChI=1S/C28H27ClFNO4/c1-28(16-20-9-11-23(29)24(30)14-20)17-22-15-21(10-12-25(22)35-28)27(34)31(18-26(32)33)13-5-8-19-6-3-2-4-7-19/h2-4,6-7,9-12,14-15H,5,8,13,16-18H2,1H3,(H,32,33)/t28-/m0/s1. The summed E-state index contributed by atoms with van der Waals surface area (Å²) in [5.74, 6) is -1.17. The van der Waals surface area contributed by atoms with Gasteiger partial charge in [-0.25, -0.2) is 4.39 Å². The Labute approximate surface area is 209 Å². The fourth-order valence-corrected chi connectivity index (χ4v) is 4.67. The number of halogens is 2. The lowest BCUT2D eigenvalue weighted by Gasteiger charge is -2.24. The lowest BCUT2D eigenvalue weighted by molar-refractivity contribution is -0.137. The van der Waals surface area contributed by atoms with Gasteiger partial charge >= 0.3 is 5.97 Å². The van der Waals surface area contributed by atoms with Crippen molar-refractivity contribution in [2.75, 3.05) is 13.1 Å². The van der Waals surface area contributed by atoms with E-state index in [4.69, 9.17) is 16.3 Å². The van der Waals surface area contributed by atoms with Crippen molar-refractivity contribution in [3.63, 3.8) is 0 Å². The fourth-order valence-electron chi connectivity index (χ4n) is 4.55. The summed E-state index contributed by atoms with van der Waals surface area (Å²) in [7, 11) is 0. The van der Waals surface area contributed by atoms with Crippen LogP contribution in [0.25, 0.3) is 0 Å². The Balaban J connectivity index is 1.45. The first-order chi connectivity index (χ1) is 16.7. The molecule has 1 N–H and O–H groups in total. The Morgan fingerprint density at radius 3 is 2.57 bits per heavy atom. The predicted octanol–water partition coefficient (Wildman–Crippen LogP) is 5.58. The number of carbonyl (C=O) groups is 2. The second-order valence-electron chi connectivity index (χ2n) is 9.19. The second kappa shape index (κ2) is 10.5. The lowest BCUT2D eigenvalue weighted by atomic mass is 9.91. The average Bonchev–Trinajstić information content (AvgIpc) is 3.15. The van der Waals surface area contributed by atoms with Crippen LogP contribution in [0.15, 0.2) is 66.7 Å². The molecule has 35 heavy (non-hydrogen) atoms. The number of nitrogens with zero attached hydrogens (tertiary/aromatic N) is 1. The number of aryl methyl sites for hydroxylation is 1. The van der Waals surface area contributed by atoms with E-state index < -0.39 is 17.4 Å². The molecule has 0 saturated heterocycles. The number of benzene rings is 3. The topological polar surface area (TPSA) is 66.8 Å². The monoisotopic (exact) mass is 495 g/mol. The molecule has 0 aliphatic carbocycles. The van der Waals surface area contributed by atoms with Crippen LogP contribution in [-0.4, -0.2) is 40.6 Å². The molecule has 1 heterocycles. The Morgan fingerprint density at radius 2 is 1.86 bits per heavy atom. The van der Waals surface area contributed by atoms with Crippen LogP contribution in [0, 0.1) is 5.82 Å². The molecule has 1 aliphatic rings. The molecule has 5 nitrogen and oxygen atoms in total. The van der Waals surface area contributed by atoms with E-state index in [0.717, 1.165) is 23.1 Å². The van der Waals surface area contributed by atoms with E-state index in [-0.39, 0.29) is 17.5 Å². The zero-order chi connectivity index (χ0) is 25.0. The number of rotatable bonds is 9. The molecule has 0 bridgehead atoms. The van der Waals surface area contributed by atoms with Gasteiger partial charge in [0, 0.05) is 24.9 Å². The van der Waals surface area contributed by atoms with E-state index in [2.05, 4.69) is 0 Å². The highest BCUT2D eigenvalue weighted by Gasteiger charge is 2.36. The van der Waals surface area contributed by atoms with Gasteiger partial charge < -0.3 is 14.7 Å². The van der Waals surface area contributed by atoms with Crippen molar-refractivity contribution in [3.8, 4) is 5.75 Å². The average molecular weight is 496 g/mol. The number of carbonyl (C=O) groups excluding carboxylic acids is 1. The maximum atomic E-state index is 13.9. The van der Waals surface area contributed by atoms with E-state index in [1.807, 2.05) is 37.3 Å². The minimum atomic E-state index is -1.05. The number of hydrogen-bond donors (Lipinski definition) is 1. The second-order valence-corrected chi connectivity index (χ2v) is 9.59. The first-order valence-corrected chi connectivity index (χ1v) is 11.9. The number of hydrogen-bond acceptors (Lipinski definition) is 3. The van der Waals surface area contributed by atoms with Gasteiger partial charge in [-0.1, -0.05) is 48.0 Å². The molecule has 1 amide bonds. The first kappa shape index (κ1) is 24.7. The molecule has 4 rings (SSSR count). The van der Waals surface area contributed by atoms with Gasteiger partial charge in [-0.2, -0.15) is 0 Å². The number of carboxylic acids is 1. The third-order valence-electron chi connectivity index (χ3n) is 6.14. The molecule has 1 aliphatic heterocycles. The molecule has 7 heteroatoms. The molecule has 0 radical (unpaired) electrons. The van der Waals surface area contributed by atoms with Crippen molar-refractivity contribution in [3.05, 3.63) is 99.8 Å². The van der Waals surface area contributed by atoms with E-state index in [1.165, 1.54) is 17.0 Å². The molecule has 0 aromatic heterocycles. The Morgan fingerprint density at radius 1 is 1.09 bits per heavy atom. The molecule has 3 aromatic carbocycles. The summed E-state index contributed by atoms with van der Waals surface area (Å²) in [6.45, 7) is 1.93. The summed E-state index contributed by atoms with van der Waals surface area (Å²) in [5.41, 5.74) is 2.61. The lowest BCUT2D eigenvalue weighted by Crippen LogP contribution is -2.36. The van der Waals surface area contributed by atoms with Crippen molar-refractivity contribution in [2.24, 2.45) is 0 Å². The van der Waals surface area contributed by atoms with E-state index in [0.29, 0.717) is 37.1 Å². The van der Waals surface area contributed by atoms with Crippen LogP contribution in [0.2, 0.25) is 5.02 Å². The quantitative estimate of drug-likeness (QED) is 0.421. The number of fused-ring (bicyclic) bond motifs is 1. The maximum Gasteiger partial charge on any atom is 0.323 e. The van der Waals surface area contributed by atoms with Gasteiger partial charge in [-0.3, -0.25) is 9.59 Å².